The van der Waals surface area contributed by atoms with Crippen LogP contribution in [-0.4, -0.2) is 25.8 Å². The summed E-state index contributed by atoms with van der Waals surface area (Å²) < 4.78 is 13.2. The Morgan fingerprint density at radius 3 is 2.64 bits per heavy atom. The second-order valence-electron chi connectivity index (χ2n) is 3.18. The molecule has 3 N–H and O–H groups in total. The van der Waals surface area contributed by atoms with E-state index in [0.717, 1.165) is 25.9 Å². The minimum Gasteiger partial charge on any atom is -0.330 e. The van der Waals surface area contributed by atoms with E-state index in [1.165, 1.54) is 0 Å². The largest absolute Gasteiger partial charge is 0.330 e. The summed E-state index contributed by atoms with van der Waals surface area (Å²) >= 11 is 0. The smallest absolute Gasteiger partial charge is 0.104 e. The summed E-state index contributed by atoms with van der Waals surface area (Å²) in [4.78, 5) is 0. The van der Waals surface area contributed by atoms with Crippen molar-refractivity contribution in [3.8, 4) is 0 Å². The molecule has 0 aliphatic carbocycles. The van der Waals surface area contributed by atoms with Crippen molar-refractivity contribution in [1.29, 1.82) is 0 Å². The Balaban J connectivity index is 2.21. The molecule has 1 rings (SSSR count). The highest BCUT2D eigenvalue weighted by molar-refractivity contribution is 4.75. The van der Waals surface area contributed by atoms with Crippen LogP contribution in [0.1, 0.15) is 19.3 Å². The van der Waals surface area contributed by atoms with E-state index in [2.05, 4.69) is 5.32 Å². The van der Waals surface area contributed by atoms with Crippen molar-refractivity contribution >= 4 is 0 Å². The number of rotatable bonds is 3. The van der Waals surface area contributed by atoms with Crippen LogP contribution in [0.4, 0.5) is 4.39 Å². The highest BCUT2D eigenvalue weighted by Crippen LogP contribution is 2.20. The lowest BCUT2D eigenvalue weighted by Gasteiger charge is -2.25. The zero-order valence-electron chi connectivity index (χ0n) is 6.85. The van der Waals surface area contributed by atoms with Gasteiger partial charge in [-0.05, 0) is 44.8 Å². The minimum absolute atomic E-state index is 0.264. The van der Waals surface area contributed by atoms with E-state index < -0.39 is 6.17 Å². The molecular weight excluding hydrogens is 143 g/mol. The van der Waals surface area contributed by atoms with Crippen LogP contribution in [-0.2, 0) is 0 Å². The summed E-state index contributed by atoms with van der Waals surface area (Å²) in [6, 6.07) is 0. The molecule has 1 saturated heterocycles. The SMILES string of the molecule is NCCC(F)C1CCNCC1. The Hall–Kier alpha value is -0.150. The third kappa shape index (κ3) is 2.75. The molecule has 2 nitrogen and oxygen atoms in total. The van der Waals surface area contributed by atoms with E-state index in [1.807, 2.05) is 0 Å². The summed E-state index contributed by atoms with van der Waals surface area (Å²) in [6.45, 7) is 2.41. The molecule has 0 amide bonds. The second-order valence-corrected chi connectivity index (χ2v) is 3.18. The summed E-state index contributed by atoms with van der Waals surface area (Å²) in [7, 11) is 0. The highest BCUT2D eigenvalue weighted by Gasteiger charge is 2.21. The molecule has 3 heteroatoms. The van der Waals surface area contributed by atoms with Crippen LogP contribution in [0.5, 0.6) is 0 Å². The van der Waals surface area contributed by atoms with Crippen LogP contribution in [0, 0.1) is 5.92 Å². The standard InChI is InChI=1S/C8H17FN2/c9-8(1-4-10)7-2-5-11-6-3-7/h7-8,11H,1-6,10H2. The summed E-state index contributed by atoms with van der Waals surface area (Å²) in [5, 5.41) is 3.21. The van der Waals surface area contributed by atoms with Crippen LogP contribution in [0.15, 0.2) is 0 Å². The van der Waals surface area contributed by atoms with Gasteiger partial charge in [0.2, 0.25) is 0 Å². The molecule has 0 spiro atoms. The average Bonchev–Trinajstić information content (AvgIpc) is 2.07. The van der Waals surface area contributed by atoms with Gasteiger partial charge in [-0.3, -0.25) is 0 Å². The Kier molecular flexibility index (Phi) is 3.80. The van der Waals surface area contributed by atoms with Crippen LogP contribution in [0.3, 0.4) is 0 Å². The fourth-order valence-electron chi connectivity index (χ4n) is 1.60. The molecule has 1 unspecified atom stereocenters. The van der Waals surface area contributed by atoms with E-state index in [-0.39, 0.29) is 5.92 Å². The average molecular weight is 160 g/mol. The van der Waals surface area contributed by atoms with Crippen LogP contribution < -0.4 is 11.1 Å². The molecule has 0 aromatic heterocycles. The maximum atomic E-state index is 13.2. The Labute approximate surface area is 67.3 Å². The number of piperidine rings is 1. The molecule has 1 heterocycles. The van der Waals surface area contributed by atoms with E-state index in [1.54, 1.807) is 0 Å². The van der Waals surface area contributed by atoms with Gasteiger partial charge in [0.05, 0.1) is 0 Å². The van der Waals surface area contributed by atoms with Gasteiger partial charge in [0, 0.05) is 0 Å². The molecule has 1 fully saturated rings. The topological polar surface area (TPSA) is 38.0 Å². The first kappa shape index (κ1) is 8.94. The van der Waals surface area contributed by atoms with Crippen molar-refractivity contribution < 1.29 is 4.39 Å². The molecular formula is C8H17FN2. The van der Waals surface area contributed by atoms with E-state index in [9.17, 15) is 4.39 Å². The van der Waals surface area contributed by atoms with Gasteiger partial charge in [0.25, 0.3) is 0 Å². The lowest BCUT2D eigenvalue weighted by molar-refractivity contribution is 0.180. The summed E-state index contributed by atoms with van der Waals surface area (Å²) in [5.74, 6) is 0.264. The van der Waals surface area contributed by atoms with E-state index in [0.29, 0.717) is 13.0 Å². The molecule has 0 bridgehead atoms. The normalized spacial score (nSPS) is 23.5. The maximum absolute atomic E-state index is 13.2. The lowest BCUT2D eigenvalue weighted by atomic mass is 9.91. The number of hydrogen-bond acceptors (Lipinski definition) is 2. The third-order valence-electron chi connectivity index (χ3n) is 2.34. The van der Waals surface area contributed by atoms with Crippen molar-refractivity contribution in [3.05, 3.63) is 0 Å². The number of nitrogens with one attached hydrogen (secondary N) is 1. The van der Waals surface area contributed by atoms with Crippen molar-refractivity contribution in [3.63, 3.8) is 0 Å². The molecule has 0 aromatic rings. The fraction of sp³-hybridized carbons (Fsp3) is 1.00. The second kappa shape index (κ2) is 4.67. The predicted octanol–water partition coefficient (Wildman–Crippen LogP) is 0.673. The first-order valence-corrected chi connectivity index (χ1v) is 4.39. The maximum Gasteiger partial charge on any atom is 0.104 e. The number of alkyl halides is 1. The first-order valence-electron chi connectivity index (χ1n) is 4.39. The van der Waals surface area contributed by atoms with Gasteiger partial charge in [-0.15, -0.1) is 0 Å². The van der Waals surface area contributed by atoms with Gasteiger partial charge in [0.1, 0.15) is 6.17 Å². The molecule has 11 heavy (non-hydrogen) atoms. The van der Waals surface area contributed by atoms with Crippen molar-refractivity contribution in [2.45, 2.75) is 25.4 Å². The van der Waals surface area contributed by atoms with Gasteiger partial charge < -0.3 is 11.1 Å². The number of hydrogen-bond donors (Lipinski definition) is 2. The van der Waals surface area contributed by atoms with Crippen LogP contribution in [0.2, 0.25) is 0 Å². The molecule has 1 aliphatic rings. The predicted molar refractivity (Wildman–Crippen MR) is 44.2 cm³/mol. The van der Waals surface area contributed by atoms with Crippen molar-refractivity contribution in [2.75, 3.05) is 19.6 Å². The Bertz CT molecular complexity index is 102. The van der Waals surface area contributed by atoms with Crippen LogP contribution in [0.25, 0.3) is 0 Å². The van der Waals surface area contributed by atoms with E-state index >= 15 is 0 Å². The highest BCUT2D eigenvalue weighted by atomic mass is 19.1. The first-order chi connectivity index (χ1) is 5.34. The van der Waals surface area contributed by atoms with E-state index in [4.69, 9.17) is 5.73 Å². The summed E-state index contributed by atoms with van der Waals surface area (Å²) in [5.41, 5.74) is 5.28. The molecule has 1 aliphatic heterocycles. The monoisotopic (exact) mass is 160 g/mol. The van der Waals surface area contributed by atoms with Gasteiger partial charge in [-0.2, -0.15) is 0 Å². The molecule has 0 saturated carbocycles. The van der Waals surface area contributed by atoms with Crippen LogP contribution >= 0.6 is 0 Å². The van der Waals surface area contributed by atoms with Crippen molar-refractivity contribution in [2.24, 2.45) is 11.7 Å². The Morgan fingerprint density at radius 1 is 1.45 bits per heavy atom. The molecule has 0 radical (unpaired) electrons. The lowest BCUT2D eigenvalue weighted by Crippen LogP contribution is -2.33. The fourth-order valence-corrected chi connectivity index (χ4v) is 1.60. The summed E-state index contributed by atoms with van der Waals surface area (Å²) in [6.07, 6.45) is 1.81. The number of halogens is 1. The number of nitrogens with two attached hydrogens (primary N) is 1. The van der Waals surface area contributed by atoms with Gasteiger partial charge in [0.15, 0.2) is 0 Å². The Morgan fingerprint density at radius 2 is 2.09 bits per heavy atom. The third-order valence-corrected chi connectivity index (χ3v) is 2.34. The van der Waals surface area contributed by atoms with Gasteiger partial charge in [-0.1, -0.05) is 0 Å². The molecule has 66 valence electrons. The van der Waals surface area contributed by atoms with Crippen molar-refractivity contribution in [1.82, 2.24) is 5.32 Å². The minimum atomic E-state index is -0.665. The van der Waals surface area contributed by atoms with Gasteiger partial charge >= 0.3 is 0 Å². The van der Waals surface area contributed by atoms with Gasteiger partial charge in [-0.25, -0.2) is 4.39 Å². The zero-order valence-corrected chi connectivity index (χ0v) is 6.85. The quantitative estimate of drug-likeness (QED) is 0.637. The zero-order chi connectivity index (χ0) is 8.10. The molecule has 1 atom stereocenters. The molecule has 0 aromatic carbocycles.